The molecule has 0 radical (unpaired) electrons. The van der Waals surface area contributed by atoms with Crippen LogP contribution in [0, 0.1) is 6.92 Å². The zero-order chi connectivity index (χ0) is 16.1. The number of rotatable bonds is 6. The van der Waals surface area contributed by atoms with Crippen LogP contribution < -0.4 is 5.32 Å². The zero-order valence-corrected chi connectivity index (χ0v) is 15.1. The van der Waals surface area contributed by atoms with E-state index in [1.54, 1.807) is 27.6 Å². The number of carbonyl (C=O) groups is 1. The summed E-state index contributed by atoms with van der Waals surface area (Å²) in [7, 11) is 5.90. The standard InChI is InChI=1S/C16H23N3OS2/c1-12-5-6-14(22-12)10-19(4)16(20)17-9-15(18(2)3)13-7-8-21-11-13/h5-8,11,15H,9-10H2,1-4H3,(H,17,20)/t15-/m0/s1. The van der Waals surface area contributed by atoms with E-state index in [9.17, 15) is 4.79 Å². The van der Waals surface area contributed by atoms with Gasteiger partial charge in [-0.1, -0.05) is 0 Å². The average molecular weight is 338 g/mol. The van der Waals surface area contributed by atoms with Gasteiger partial charge >= 0.3 is 6.03 Å². The number of nitrogens with zero attached hydrogens (tertiary/aromatic N) is 2. The summed E-state index contributed by atoms with van der Waals surface area (Å²) in [6.45, 7) is 3.34. The van der Waals surface area contributed by atoms with Gasteiger partial charge < -0.3 is 15.1 Å². The minimum absolute atomic E-state index is 0.0341. The quantitative estimate of drug-likeness (QED) is 0.875. The number of hydrogen-bond acceptors (Lipinski definition) is 4. The van der Waals surface area contributed by atoms with Crippen LogP contribution in [-0.2, 0) is 6.54 Å². The molecule has 0 aliphatic carbocycles. The van der Waals surface area contributed by atoms with E-state index in [1.165, 1.54) is 15.3 Å². The van der Waals surface area contributed by atoms with Gasteiger partial charge in [-0.2, -0.15) is 11.3 Å². The van der Waals surface area contributed by atoms with Crippen LogP contribution in [-0.4, -0.2) is 43.5 Å². The number of nitrogens with one attached hydrogen (secondary N) is 1. The van der Waals surface area contributed by atoms with Crippen molar-refractivity contribution in [2.24, 2.45) is 0 Å². The maximum Gasteiger partial charge on any atom is 0.317 e. The molecule has 2 aromatic heterocycles. The summed E-state index contributed by atoms with van der Waals surface area (Å²) in [4.78, 5) is 18.6. The molecule has 0 aliphatic heterocycles. The molecule has 1 N–H and O–H groups in total. The van der Waals surface area contributed by atoms with Crippen LogP contribution in [0.1, 0.15) is 21.4 Å². The lowest BCUT2D eigenvalue weighted by Crippen LogP contribution is -2.41. The molecule has 0 saturated carbocycles. The molecule has 2 amide bonds. The van der Waals surface area contributed by atoms with E-state index in [0.29, 0.717) is 13.1 Å². The molecule has 0 saturated heterocycles. The number of carbonyl (C=O) groups excluding carboxylic acids is 1. The van der Waals surface area contributed by atoms with Crippen LogP contribution in [0.15, 0.2) is 29.0 Å². The van der Waals surface area contributed by atoms with Crippen LogP contribution >= 0.6 is 22.7 Å². The number of thiophene rings is 2. The third-order valence-corrected chi connectivity index (χ3v) is 5.22. The van der Waals surface area contributed by atoms with E-state index in [2.05, 4.69) is 46.1 Å². The first kappa shape index (κ1) is 17.0. The van der Waals surface area contributed by atoms with E-state index < -0.39 is 0 Å². The van der Waals surface area contributed by atoms with Crippen molar-refractivity contribution in [3.63, 3.8) is 0 Å². The highest BCUT2D eigenvalue weighted by atomic mass is 32.1. The molecule has 0 fully saturated rings. The number of urea groups is 1. The van der Waals surface area contributed by atoms with Gasteiger partial charge in [0.25, 0.3) is 0 Å². The minimum atomic E-state index is -0.0341. The first-order chi connectivity index (χ1) is 10.5. The molecule has 2 aromatic rings. The zero-order valence-electron chi connectivity index (χ0n) is 13.5. The Morgan fingerprint density at radius 2 is 2.05 bits per heavy atom. The van der Waals surface area contributed by atoms with Gasteiger partial charge in [-0.15, -0.1) is 11.3 Å². The number of hydrogen-bond donors (Lipinski definition) is 1. The Hall–Kier alpha value is -1.37. The van der Waals surface area contributed by atoms with Crippen molar-refractivity contribution in [2.75, 3.05) is 27.7 Å². The van der Waals surface area contributed by atoms with E-state index in [4.69, 9.17) is 0 Å². The summed E-state index contributed by atoms with van der Waals surface area (Å²) in [5.41, 5.74) is 1.24. The summed E-state index contributed by atoms with van der Waals surface area (Å²) in [5.74, 6) is 0. The first-order valence-corrected chi connectivity index (χ1v) is 8.96. The van der Waals surface area contributed by atoms with E-state index >= 15 is 0 Å². The molecule has 0 aromatic carbocycles. The molecule has 0 bridgehead atoms. The second-order valence-corrected chi connectivity index (χ2v) is 7.74. The topological polar surface area (TPSA) is 35.6 Å². The molecule has 2 heterocycles. The Bertz CT molecular complexity index is 592. The van der Waals surface area contributed by atoms with Crippen molar-refractivity contribution in [3.05, 3.63) is 44.3 Å². The third kappa shape index (κ3) is 4.56. The van der Waals surface area contributed by atoms with Crippen LogP contribution in [0.4, 0.5) is 4.79 Å². The number of likely N-dealkylation sites (N-methyl/N-ethyl adjacent to an activating group) is 1. The lowest BCUT2D eigenvalue weighted by atomic mass is 10.1. The Balaban J connectivity index is 1.88. The van der Waals surface area contributed by atoms with E-state index in [-0.39, 0.29) is 12.1 Å². The summed E-state index contributed by atoms with van der Waals surface area (Å²) < 4.78 is 0. The molecule has 0 spiro atoms. The van der Waals surface area contributed by atoms with Gasteiger partial charge in [0, 0.05) is 23.3 Å². The number of aryl methyl sites for hydroxylation is 1. The smallest absolute Gasteiger partial charge is 0.317 e. The molecule has 2 rings (SSSR count). The van der Waals surface area contributed by atoms with E-state index in [0.717, 1.165) is 0 Å². The molecule has 22 heavy (non-hydrogen) atoms. The maximum atomic E-state index is 12.3. The minimum Gasteiger partial charge on any atom is -0.336 e. The van der Waals surface area contributed by atoms with Gasteiger partial charge in [-0.25, -0.2) is 4.79 Å². The molecule has 1 atom stereocenters. The molecule has 6 heteroatoms. The lowest BCUT2D eigenvalue weighted by molar-refractivity contribution is 0.201. The maximum absolute atomic E-state index is 12.3. The molecule has 0 aliphatic rings. The van der Waals surface area contributed by atoms with Gasteiger partial charge in [-0.05, 0) is 55.5 Å². The van der Waals surface area contributed by atoms with Crippen molar-refractivity contribution < 1.29 is 4.79 Å². The lowest BCUT2D eigenvalue weighted by Gasteiger charge is -2.25. The fourth-order valence-electron chi connectivity index (χ4n) is 2.26. The first-order valence-electron chi connectivity index (χ1n) is 7.20. The predicted molar refractivity (Wildman–Crippen MR) is 94.7 cm³/mol. The molecule has 4 nitrogen and oxygen atoms in total. The highest BCUT2D eigenvalue weighted by Crippen LogP contribution is 2.20. The van der Waals surface area contributed by atoms with E-state index in [1.807, 2.05) is 21.1 Å². The fraction of sp³-hybridized carbons (Fsp3) is 0.438. The molecule has 0 unspecified atom stereocenters. The van der Waals surface area contributed by atoms with Gasteiger partial charge in [0.05, 0.1) is 12.6 Å². The molecular weight excluding hydrogens is 314 g/mol. The largest absolute Gasteiger partial charge is 0.336 e. The Morgan fingerprint density at radius 3 is 2.59 bits per heavy atom. The molecule has 120 valence electrons. The second kappa shape index (κ2) is 7.76. The highest BCUT2D eigenvalue weighted by Gasteiger charge is 2.17. The van der Waals surface area contributed by atoms with Crippen LogP contribution in [0.2, 0.25) is 0 Å². The summed E-state index contributed by atoms with van der Waals surface area (Å²) in [5, 5.41) is 7.24. The highest BCUT2D eigenvalue weighted by molar-refractivity contribution is 7.11. The fourth-order valence-corrected chi connectivity index (χ4v) is 3.91. The van der Waals surface area contributed by atoms with Gasteiger partial charge in [0.2, 0.25) is 0 Å². The Morgan fingerprint density at radius 1 is 1.27 bits per heavy atom. The van der Waals surface area contributed by atoms with Gasteiger partial charge in [0.1, 0.15) is 0 Å². The summed E-state index contributed by atoms with van der Waals surface area (Å²) >= 11 is 3.41. The van der Waals surface area contributed by atoms with Crippen LogP contribution in [0.5, 0.6) is 0 Å². The molecular formula is C16H23N3OS2. The van der Waals surface area contributed by atoms with Crippen molar-refractivity contribution in [3.8, 4) is 0 Å². The predicted octanol–water partition coefficient (Wildman–Crippen LogP) is 3.56. The van der Waals surface area contributed by atoms with Crippen LogP contribution in [0.3, 0.4) is 0 Å². The van der Waals surface area contributed by atoms with Crippen molar-refractivity contribution in [1.82, 2.24) is 15.1 Å². The van der Waals surface area contributed by atoms with Gasteiger partial charge in [0.15, 0.2) is 0 Å². The number of amides is 2. The van der Waals surface area contributed by atoms with Crippen molar-refractivity contribution in [2.45, 2.75) is 19.5 Å². The summed E-state index contributed by atoms with van der Waals surface area (Å²) in [6, 6.07) is 6.45. The third-order valence-electron chi connectivity index (χ3n) is 3.53. The van der Waals surface area contributed by atoms with Crippen molar-refractivity contribution in [1.29, 1.82) is 0 Å². The Labute approximate surface area is 140 Å². The average Bonchev–Trinajstić information content (AvgIpc) is 3.10. The normalized spacial score (nSPS) is 12.4. The monoisotopic (exact) mass is 337 g/mol. The van der Waals surface area contributed by atoms with Crippen LogP contribution in [0.25, 0.3) is 0 Å². The second-order valence-electron chi connectivity index (χ2n) is 5.59. The van der Waals surface area contributed by atoms with Crippen molar-refractivity contribution >= 4 is 28.7 Å². The summed E-state index contributed by atoms with van der Waals surface area (Å²) in [6.07, 6.45) is 0. The van der Waals surface area contributed by atoms with Gasteiger partial charge in [-0.3, -0.25) is 0 Å². The Kier molecular flexibility index (Phi) is 5.99. The SMILES string of the molecule is Cc1ccc(CN(C)C(=O)NC[C@@H](c2ccsc2)N(C)C)s1.